The lowest BCUT2D eigenvalue weighted by molar-refractivity contribution is -0.119. The van der Waals surface area contributed by atoms with Gasteiger partial charge in [0.05, 0.1) is 12.1 Å². The molecule has 1 aromatic rings. The first-order chi connectivity index (χ1) is 9.40. The van der Waals surface area contributed by atoms with E-state index in [-0.39, 0.29) is 23.7 Å². The number of hydrogen-bond acceptors (Lipinski definition) is 4. The molecule has 0 atom stereocenters. The summed E-state index contributed by atoms with van der Waals surface area (Å²) in [4.78, 5) is 24.7. The minimum atomic E-state index is -1.07. The lowest BCUT2D eigenvalue weighted by Gasteiger charge is -2.24. The maximum Gasteiger partial charge on any atom is 0.337 e. The number of carbonyl (C=O) groups is 2. The zero-order valence-corrected chi connectivity index (χ0v) is 12.1. The van der Waals surface area contributed by atoms with Crippen molar-refractivity contribution in [1.82, 2.24) is 5.32 Å². The second-order valence-corrected chi connectivity index (χ2v) is 4.50. The molecule has 0 unspecified atom stereocenters. The van der Waals surface area contributed by atoms with Gasteiger partial charge in [-0.15, -0.1) is 0 Å². The SMILES string of the molecule is CCNC(=O)CN(CC)c1cc(C)c(N)c(C(=O)O)c1. The van der Waals surface area contributed by atoms with Crippen LogP contribution in [0.25, 0.3) is 0 Å². The van der Waals surface area contributed by atoms with Crippen LogP contribution in [-0.2, 0) is 4.79 Å². The molecule has 110 valence electrons. The third-order valence-electron chi connectivity index (χ3n) is 3.06. The van der Waals surface area contributed by atoms with Gasteiger partial charge < -0.3 is 21.1 Å². The molecule has 0 saturated heterocycles. The quantitative estimate of drug-likeness (QED) is 0.681. The van der Waals surface area contributed by atoms with Crippen molar-refractivity contribution < 1.29 is 14.7 Å². The summed E-state index contributed by atoms with van der Waals surface area (Å²) in [6.45, 7) is 6.87. The molecule has 20 heavy (non-hydrogen) atoms. The Labute approximate surface area is 118 Å². The number of amides is 1. The minimum absolute atomic E-state index is 0.0642. The van der Waals surface area contributed by atoms with Gasteiger partial charge in [0.2, 0.25) is 5.91 Å². The number of nitrogen functional groups attached to an aromatic ring is 1. The Bertz CT molecular complexity index is 515. The van der Waals surface area contributed by atoms with E-state index in [2.05, 4.69) is 5.32 Å². The Balaban J connectivity index is 3.10. The Hall–Kier alpha value is -2.24. The van der Waals surface area contributed by atoms with Crippen molar-refractivity contribution in [3.63, 3.8) is 0 Å². The molecule has 0 bridgehead atoms. The van der Waals surface area contributed by atoms with E-state index in [1.807, 2.05) is 18.7 Å². The first-order valence-corrected chi connectivity index (χ1v) is 6.55. The summed E-state index contributed by atoms with van der Waals surface area (Å²) in [7, 11) is 0. The van der Waals surface area contributed by atoms with Crippen LogP contribution in [0.5, 0.6) is 0 Å². The van der Waals surface area contributed by atoms with Gasteiger partial charge in [-0.05, 0) is 38.5 Å². The highest BCUT2D eigenvalue weighted by Gasteiger charge is 2.16. The molecule has 0 heterocycles. The molecule has 0 saturated carbocycles. The fourth-order valence-corrected chi connectivity index (χ4v) is 1.95. The van der Waals surface area contributed by atoms with Gasteiger partial charge in [0.1, 0.15) is 0 Å². The van der Waals surface area contributed by atoms with Crippen molar-refractivity contribution in [1.29, 1.82) is 0 Å². The number of nitrogens with one attached hydrogen (secondary N) is 1. The Kier molecular flexibility index (Phi) is 5.37. The largest absolute Gasteiger partial charge is 0.478 e. The van der Waals surface area contributed by atoms with E-state index in [0.717, 1.165) is 0 Å². The van der Waals surface area contributed by atoms with E-state index >= 15 is 0 Å². The Morgan fingerprint density at radius 1 is 1.35 bits per heavy atom. The zero-order chi connectivity index (χ0) is 15.3. The monoisotopic (exact) mass is 279 g/mol. The molecule has 0 radical (unpaired) electrons. The van der Waals surface area contributed by atoms with Gasteiger partial charge in [0, 0.05) is 24.5 Å². The van der Waals surface area contributed by atoms with Gasteiger partial charge in [0.25, 0.3) is 0 Å². The van der Waals surface area contributed by atoms with Crippen LogP contribution in [0.4, 0.5) is 11.4 Å². The number of nitrogens with two attached hydrogens (primary N) is 1. The fraction of sp³-hybridized carbons (Fsp3) is 0.429. The lowest BCUT2D eigenvalue weighted by atomic mass is 10.1. The maximum absolute atomic E-state index is 11.7. The van der Waals surface area contributed by atoms with Crippen molar-refractivity contribution in [3.05, 3.63) is 23.3 Å². The van der Waals surface area contributed by atoms with Crippen LogP contribution in [0.1, 0.15) is 29.8 Å². The fourth-order valence-electron chi connectivity index (χ4n) is 1.95. The lowest BCUT2D eigenvalue weighted by Crippen LogP contribution is -2.37. The van der Waals surface area contributed by atoms with Gasteiger partial charge in [0.15, 0.2) is 0 Å². The van der Waals surface area contributed by atoms with Gasteiger partial charge in [-0.2, -0.15) is 0 Å². The third kappa shape index (κ3) is 3.63. The summed E-state index contributed by atoms with van der Waals surface area (Å²) >= 11 is 0. The molecule has 0 fully saturated rings. The van der Waals surface area contributed by atoms with Crippen molar-refractivity contribution in [2.24, 2.45) is 0 Å². The van der Waals surface area contributed by atoms with Crippen LogP contribution < -0.4 is 16.0 Å². The first-order valence-electron chi connectivity index (χ1n) is 6.55. The van der Waals surface area contributed by atoms with Crippen LogP contribution >= 0.6 is 0 Å². The molecule has 0 aliphatic rings. The number of carboxylic acids is 1. The Morgan fingerprint density at radius 3 is 2.50 bits per heavy atom. The predicted molar refractivity (Wildman–Crippen MR) is 79.1 cm³/mol. The molecule has 4 N–H and O–H groups in total. The van der Waals surface area contributed by atoms with Crippen LogP contribution in [-0.4, -0.2) is 36.6 Å². The van der Waals surface area contributed by atoms with Crippen molar-refractivity contribution in [3.8, 4) is 0 Å². The van der Waals surface area contributed by atoms with Crippen molar-refractivity contribution in [2.75, 3.05) is 30.3 Å². The number of benzene rings is 1. The average molecular weight is 279 g/mol. The number of aryl methyl sites for hydroxylation is 1. The maximum atomic E-state index is 11.7. The standard InChI is InChI=1S/C14H21N3O3/c1-4-16-12(18)8-17(5-2)10-6-9(3)13(15)11(7-10)14(19)20/h6-7H,4-5,8,15H2,1-3H3,(H,16,18)(H,19,20). The van der Waals surface area contributed by atoms with E-state index < -0.39 is 5.97 Å². The number of likely N-dealkylation sites (N-methyl/N-ethyl adjacent to an activating group) is 2. The summed E-state index contributed by atoms with van der Waals surface area (Å²) < 4.78 is 0. The molecule has 1 rings (SSSR count). The molecular formula is C14H21N3O3. The van der Waals surface area contributed by atoms with Crippen LogP contribution in [0.15, 0.2) is 12.1 Å². The van der Waals surface area contributed by atoms with Crippen LogP contribution in [0.2, 0.25) is 0 Å². The summed E-state index contributed by atoms with van der Waals surface area (Å²) in [5.41, 5.74) is 7.46. The molecule has 6 nitrogen and oxygen atoms in total. The van der Waals surface area contributed by atoms with Gasteiger partial charge in [-0.25, -0.2) is 4.79 Å². The molecule has 0 aromatic heterocycles. The first kappa shape index (κ1) is 15.8. The number of carboxylic acid groups (broad SMARTS) is 1. The van der Waals surface area contributed by atoms with E-state index in [4.69, 9.17) is 10.8 Å². The van der Waals surface area contributed by atoms with E-state index in [0.29, 0.717) is 24.3 Å². The molecule has 1 amide bonds. The van der Waals surface area contributed by atoms with E-state index in [9.17, 15) is 9.59 Å². The number of hydrogen-bond donors (Lipinski definition) is 3. The number of carbonyl (C=O) groups excluding carboxylic acids is 1. The second kappa shape index (κ2) is 6.79. The third-order valence-corrected chi connectivity index (χ3v) is 3.06. The summed E-state index contributed by atoms with van der Waals surface area (Å²) in [6, 6.07) is 3.30. The topological polar surface area (TPSA) is 95.7 Å². The number of anilines is 2. The van der Waals surface area contributed by atoms with Crippen LogP contribution in [0, 0.1) is 6.92 Å². The molecule has 0 aliphatic carbocycles. The minimum Gasteiger partial charge on any atom is -0.478 e. The Morgan fingerprint density at radius 2 is 2.00 bits per heavy atom. The summed E-state index contributed by atoms with van der Waals surface area (Å²) in [5, 5.41) is 11.9. The van der Waals surface area contributed by atoms with Crippen molar-refractivity contribution >= 4 is 23.3 Å². The highest BCUT2D eigenvalue weighted by atomic mass is 16.4. The molecule has 0 aliphatic heterocycles. The second-order valence-electron chi connectivity index (χ2n) is 4.50. The molecule has 0 spiro atoms. The van der Waals surface area contributed by atoms with Gasteiger partial charge in [-0.1, -0.05) is 0 Å². The highest BCUT2D eigenvalue weighted by Crippen LogP contribution is 2.25. The van der Waals surface area contributed by atoms with Gasteiger partial charge in [-0.3, -0.25) is 4.79 Å². The zero-order valence-electron chi connectivity index (χ0n) is 12.1. The summed E-state index contributed by atoms with van der Waals surface area (Å²) in [5.74, 6) is -1.16. The molecule has 1 aromatic carbocycles. The van der Waals surface area contributed by atoms with Crippen molar-refractivity contribution in [2.45, 2.75) is 20.8 Å². The highest BCUT2D eigenvalue weighted by molar-refractivity contribution is 5.96. The smallest absolute Gasteiger partial charge is 0.337 e. The average Bonchev–Trinajstić information content (AvgIpc) is 2.39. The number of nitrogens with zero attached hydrogens (tertiary/aromatic N) is 1. The van der Waals surface area contributed by atoms with E-state index in [1.165, 1.54) is 6.07 Å². The van der Waals surface area contributed by atoms with Gasteiger partial charge >= 0.3 is 5.97 Å². The summed E-state index contributed by atoms with van der Waals surface area (Å²) in [6.07, 6.45) is 0. The predicted octanol–water partition coefficient (Wildman–Crippen LogP) is 1.24. The van der Waals surface area contributed by atoms with E-state index in [1.54, 1.807) is 13.0 Å². The van der Waals surface area contributed by atoms with Crippen LogP contribution in [0.3, 0.4) is 0 Å². The molecular weight excluding hydrogens is 258 g/mol. The molecule has 6 heteroatoms. The number of rotatable bonds is 6. The normalized spacial score (nSPS) is 10.2. The number of aromatic carboxylic acids is 1.